The van der Waals surface area contributed by atoms with Crippen molar-refractivity contribution < 1.29 is 18.3 Å². The maximum Gasteiger partial charge on any atom is 0.308 e. The monoisotopic (exact) mass is 369 g/mol. The summed E-state index contributed by atoms with van der Waals surface area (Å²) in [5.41, 5.74) is 0. The van der Waals surface area contributed by atoms with Gasteiger partial charge in [0.2, 0.25) is 10.0 Å². The molecule has 2 heterocycles. The number of piperidine rings is 1. The topological polar surface area (TPSA) is 90.8 Å². The minimum Gasteiger partial charge on any atom is -0.481 e. The van der Waals surface area contributed by atoms with Gasteiger partial charge in [0.1, 0.15) is 10.7 Å². The molecule has 140 valence electrons. The van der Waals surface area contributed by atoms with Gasteiger partial charge in [-0.15, -0.1) is 0 Å². The summed E-state index contributed by atoms with van der Waals surface area (Å²) in [5, 5.41) is 9.19. The molecular weight excluding hydrogens is 342 g/mol. The lowest BCUT2D eigenvalue weighted by Gasteiger charge is -2.32. The van der Waals surface area contributed by atoms with Crippen LogP contribution in [0.3, 0.4) is 0 Å². The average molecular weight is 369 g/mol. The van der Waals surface area contributed by atoms with Gasteiger partial charge < -0.3 is 10.0 Å². The largest absolute Gasteiger partial charge is 0.481 e. The van der Waals surface area contributed by atoms with E-state index in [0.29, 0.717) is 18.8 Å². The summed E-state index contributed by atoms with van der Waals surface area (Å²) in [4.78, 5) is 17.5. The van der Waals surface area contributed by atoms with Crippen LogP contribution in [0.15, 0.2) is 23.2 Å². The van der Waals surface area contributed by atoms with Crippen molar-refractivity contribution in [1.82, 2.24) is 9.29 Å². The van der Waals surface area contributed by atoms with E-state index in [1.54, 1.807) is 12.1 Å². The minimum atomic E-state index is -3.61. The normalized spacial score (nSPS) is 19.0. The first kappa shape index (κ1) is 19.7. The molecule has 0 amide bonds. The van der Waals surface area contributed by atoms with Crippen LogP contribution in [-0.4, -0.2) is 54.0 Å². The maximum absolute atomic E-state index is 12.8. The number of aliphatic carboxylic acids is 1. The molecule has 1 aliphatic heterocycles. The van der Waals surface area contributed by atoms with Crippen molar-refractivity contribution in [1.29, 1.82) is 0 Å². The highest BCUT2D eigenvalue weighted by molar-refractivity contribution is 7.89. The molecule has 1 atom stereocenters. The van der Waals surface area contributed by atoms with Crippen LogP contribution in [0.5, 0.6) is 0 Å². The highest BCUT2D eigenvalue weighted by Crippen LogP contribution is 2.25. The molecule has 1 unspecified atom stereocenters. The molecule has 0 aliphatic carbocycles. The first-order valence-corrected chi connectivity index (χ1v) is 10.1. The molecule has 25 heavy (non-hydrogen) atoms. The third-order valence-corrected chi connectivity index (χ3v) is 6.64. The van der Waals surface area contributed by atoms with Crippen LogP contribution in [0.4, 0.5) is 5.82 Å². The number of carboxylic acid groups (broad SMARTS) is 1. The fourth-order valence-electron chi connectivity index (χ4n) is 3.37. The molecule has 0 saturated carbocycles. The lowest BCUT2D eigenvalue weighted by molar-refractivity contribution is -0.141. The molecule has 1 aliphatic rings. The average Bonchev–Trinajstić information content (AvgIpc) is 2.54. The van der Waals surface area contributed by atoms with Gasteiger partial charge in [0.25, 0.3) is 0 Å². The Kier molecular flexibility index (Phi) is 6.05. The number of carboxylic acids is 1. The fourth-order valence-corrected chi connectivity index (χ4v) is 5.15. The molecule has 8 heteroatoms. The van der Waals surface area contributed by atoms with Gasteiger partial charge in [0.05, 0.1) is 5.92 Å². The predicted molar refractivity (Wildman–Crippen MR) is 96.1 cm³/mol. The second kappa shape index (κ2) is 7.70. The Bertz CT molecular complexity index is 693. The van der Waals surface area contributed by atoms with E-state index in [4.69, 9.17) is 0 Å². The summed E-state index contributed by atoms with van der Waals surface area (Å²) < 4.78 is 27.1. The van der Waals surface area contributed by atoms with Crippen molar-refractivity contribution in [2.75, 3.05) is 18.0 Å². The number of aromatic nitrogens is 1. The summed E-state index contributed by atoms with van der Waals surface area (Å²) in [6.07, 6.45) is 2.82. The Morgan fingerprint density at radius 1 is 1.28 bits per heavy atom. The Morgan fingerprint density at radius 2 is 1.92 bits per heavy atom. The van der Waals surface area contributed by atoms with Gasteiger partial charge in [-0.3, -0.25) is 4.79 Å². The van der Waals surface area contributed by atoms with Gasteiger partial charge in [0, 0.05) is 31.4 Å². The number of pyridine rings is 1. The van der Waals surface area contributed by atoms with E-state index in [1.165, 1.54) is 10.5 Å². The molecule has 0 bridgehead atoms. The van der Waals surface area contributed by atoms with E-state index in [0.717, 1.165) is 13.0 Å². The molecular formula is C17H27N3O4S. The van der Waals surface area contributed by atoms with Crippen LogP contribution in [0.2, 0.25) is 0 Å². The molecule has 2 rings (SSSR count). The van der Waals surface area contributed by atoms with E-state index in [-0.39, 0.29) is 17.0 Å². The number of rotatable bonds is 6. The summed E-state index contributed by atoms with van der Waals surface area (Å²) >= 11 is 0. The number of nitrogens with zero attached hydrogens (tertiary/aromatic N) is 3. The van der Waals surface area contributed by atoms with Gasteiger partial charge in [-0.1, -0.05) is 0 Å². The van der Waals surface area contributed by atoms with Crippen LogP contribution in [0, 0.1) is 5.92 Å². The molecule has 1 aromatic heterocycles. The summed E-state index contributed by atoms with van der Waals surface area (Å²) in [6, 6.07) is 2.92. The third kappa shape index (κ3) is 4.30. The van der Waals surface area contributed by atoms with Gasteiger partial charge in [-0.2, -0.15) is 4.31 Å². The van der Waals surface area contributed by atoms with Crippen molar-refractivity contribution >= 4 is 21.8 Å². The highest BCUT2D eigenvalue weighted by atomic mass is 32.2. The van der Waals surface area contributed by atoms with Gasteiger partial charge >= 0.3 is 5.97 Å². The lowest BCUT2D eigenvalue weighted by Crippen LogP contribution is -2.42. The number of anilines is 1. The first-order valence-electron chi connectivity index (χ1n) is 8.62. The van der Waals surface area contributed by atoms with Crippen LogP contribution < -0.4 is 4.90 Å². The third-order valence-electron chi connectivity index (χ3n) is 4.41. The number of sulfonamides is 1. The van der Waals surface area contributed by atoms with Crippen molar-refractivity contribution in [3.05, 3.63) is 18.3 Å². The Morgan fingerprint density at radius 3 is 2.40 bits per heavy atom. The van der Waals surface area contributed by atoms with Crippen LogP contribution in [0.25, 0.3) is 0 Å². The van der Waals surface area contributed by atoms with Crippen LogP contribution >= 0.6 is 0 Å². The Balaban J connectivity index is 2.23. The van der Waals surface area contributed by atoms with E-state index >= 15 is 0 Å². The Labute approximate surface area is 149 Å². The molecule has 1 saturated heterocycles. The molecule has 0 radical (unpaired) electrons. The fraction of sp³-hybridized carbons (Fsp3) is 0.647. The van der Waals surface area contributed by atoms with Crippen LogP contribution in [0.1, 0.15) is 40.5 Å². The van der Waals surface area contributed by atoms with Gasteiger partial charge in [-0.25, -0.2) is 13.4 Å². The van der Waals surface area contributed by atoms with Gasteiger partial charge in [-0.05, 0) is 52.7 Å². The second-order valence-corrected chi connectivity index (χ2v) is 8.84. The molecule has 1 fully saturated rings. The Hall–Kier alpha value is -1.67. The van der Waals surface area contributed by atoms with Crippen molar-refractivity contribution in [2.24, 2.45) is 5.92 Å². The van der Waals surface area contributed by atoms with E-state index in [1.807, 2.05) is 32.6 Å². The van der Waals surface area contributed by atoms with E-state index < -0.39 is 21.9 Å². The van der Waals surface area contributed by atoms with Crippen molar-refractivity contribution in [3.63, 3.8) is 0 Å². The number of carbonyl (C=O) groups is 1. The SMILES string of the molecule is CC(C)N(C(C)C)S(=O)(=O)c1ccc(N2CCCC(C(=O)O)C2)nc1. The summed E-state index contributed by atoms with van der Waals surface area (Å²) in [7, 11) is -3.61. The minimum absolute atomic E-state index is 0.150. The predicted octanol–water partition coefficient (Wildman–Crippen LogP) is 2.19. The smallest absolute Gasteiger partial charge is 0.308 e. The van der Waals surface area contributed by atoms with Gasteiger partial charge in [0.15, 0.2) is 0 Å². The quantitative estimate of drug-likeness (QED) is 0.826. The van der Waals surface area contributed by atoms with E-state index in [2.05, 4.69) is 4.98 Å². The van der Waals surface area contributed by atoms with Crippen LogP contribution in [-0.2, 0) is 14.8 Å². The summed E-state index contributed by atoms with van der Waals surface area (Å²) in [5.74, 6) is -0.588. The zero-order valence-corrected chi connectivity index (χ0v) is 16.0. The van der Waals surface area contributed by atoms with Crippen molar-refractivity contribution in [3.8, 4) is 0 Å². The highest BCUT2D eigenvalue weighted by Gasteiger charge is 2.30. The lowest BCUT2D eigenvalue weighted by atomic mass is 9.98. The number of hydrogen-bond acceptors (Lipinski definition) is 5. The molecule has 0 spiro atoms. The molecule has 0 aromatic carbocycles. The zero-order valence-electron chi connectivity index (χ0n) is 15.2. The van der Waals surface area contributed by atoms with Crippen molar-refractivity contribution in [2.45, 2.75) is 57.5 Å². The standard InChI is InChI=1S/C17H27N3O4S/c1-12(2)20(13(3)4)25(23,24)15-7-8-16(18-10-15)19-9-5-6-14(11-19)17(21)22/h7-8,10,12-14H,5-6,9,11H2,1-4H3,(H,21,22). The molecule has 7 nitrogen and oxygen atoms in total. The molecule has 1 aromatic rings. The summed E-state index contributed by atoms with van der Waals surface area (Å²) in [6.45, 7) is 8.52. The first-order chi connectivity index (χ1) is 11.6. The maximum atomic E-state index is 12.8. The zero-order chi connectivity index (χ0) is 18.8. The second-order valence-electron chi connectivity index (χ2n) is 7.00. The number of hydrogen-bond donors (Lipinski definition) is 1. The molecule has 1 N–H and O–H groups in total. The van der Waals surface area contributed by atoms with E-state index in [9.17, 15) is 18.3 Å².